The molecule has 3 aromatic carbocycles. The monoisotopic (exact) mass is 458 g/mol. The number of halogens is 1. The van der Waals surface area contributed by atoms with Gasteiger partial charge in [0.05, 0.1) is 11.3 Å². The first-order valence-electron chi connectivity index (χ1n) is 10.4. The van der Waals surface area contributed by atoms with Crippen molar-refractivity contribution in [2.45, 2.75) is 13.3 Å². The van der Waals surface area contributed by atoms with Crippen LogP contribution in [0, 0.1) is 5.82 Å². The van der Waals surface area contributed by atoms with E-state index >= 15 is 0 Å². The van der Waals surface area contributed by atoms with Gasteiger partial charge in [0.2, 0.25) is 0 Å². The zero-order valence-corrected chi connectivity index (χ0v) is 18.1. The van der Waals surface area contributed by atoms with Crippen LogP contribution >= 0.6 is 0 Å². The zero-order chi connectivity index (χ0) is 24.2. The van der Waals surface area contributed by atoms with Gasteiger partial charge in [-0.25, -0.2) is 18.9 Å². The summed E-state index contributed by atoms with van der Waals surface area (Å²) >= 11 is 0. The number of ether oxygens (including phenoxy) is 1. The number of anilines is 1. The highest BCUT2D eigenvalue weighted by Crippen LogP contribution is 2.24. The number of hydrogen-bond acceptors (Lipinski definition) is 5. The van der Waals surface area contributed by atoms with E-state index in [1.807, 2.05) is 6.92 Å². The smallest absolute Gasteiger partial charge is 0.343 e. The number of imide groups is 2. The number of hydrogen-bond donors (Lipinski definition) is 1. The van der Waals surface area contributed by atoms with Crippen LogP contribution in [0.3, 0.4) is 0 Å². The number of nitrogens with zero attached hydrogens (tertiary/aromatic N) is 1. The number of nitrogens with one attached hydrogen (secondary N) is 1. The summed E-state index contributed by atoms with van der Waals surface area (Å²) in [6.07, 6.45) is 2.11. The van der Waals surface area contributed by atoms with Gasteiger partial charge < -0.3 is 4.74 Å². The fraction of sp³-hybridized carbons (Fsp3) is 0.0769. The molecule has 0 bridgehead atoms. The van der Waals surface area contributed by atoms with Crippen molar-refractivity contribution in [2.75, 3.05) is 4.90 Å². The summed E-state index contributed by atoms with van der Waals surface area (Å²) < 4.78 is 18.4. The predicted octanol–water partition coefficient (Wildman–Crippen LogP) is 4.27. The lowest BCUT2D eigenvalue weighted by Gasteiger charge is -2.26. The lowest BCUT2D eigenvalue weighted by molar-refractivity contribution is -0.122. The van der Waals surface area contributed by atoms with Crippen LogP contribution < -0.4 is 15.0 Å². The minimum Gasteiger partial charge on any atom is -0.423 e. The van der Waals surface area contributed by atoms with Gasteiger partial charge >= 0.3 is 12.0 Å². The quantitative estimate of drug-likeness (QED) is 0.267. The van der Waals surface area contributed by atoms with Gasteiger partial charge in [0.1, 0.15) is 17.1 Å². The maximum atomic E-state index is 13.1. The summed E-state index contributed by atoms with van der Waals surface area (Å²) in [4.78, 5) is 51.0. The molecule has 1 heterocycles. The second kappa shape index (κ2) is 9.50. The molecule has 0 saturated carbocycles. The van der Waals surface area contributed by atoms with Crippen LogP contribution in [0.15, 0.2) is 78.4 Å². The fourth-order valence-corrected chi connectivity index (χ4v) is 3.36. The van der Waals surface area contributed by atoms with Crippen molar-refractivity contribution in [1.29, 1.82) is 0 Å². The van der Waals surface area contributed by atoms with Crippen molar-refractivity contribution >= 4 is 35.6 Å². The topological polar surface area (TPSA) is 92.8 Å². The van der Waals surface area contributed by atoms with E-state index in [1.165, 1.54) is 30.3 Å². The number of aryl methyl sites for hydroxylation is 1. The second-order valence-electron chi connectivity index (χ2n) is 7.45. The third-order valence-electron chi connectivity index (χ3n) is 5.16. The van der Waals surface area contributed by atoms with Gasteiger partial charge in [-0.3, -0.25) is 14.9 Å². The van der Waals surface area contributed by atoms with E-state index in [-0.39, 0.29) is 16.9 Å². The molecule has 0 aromatic heterocycles. The maximum Gasteiger partial charge on any atom is 0.343 e. The molecule has 1 N–H and O–H groups in total. The van der Waals surface area contributed by atoms with Gasteiger partial charge in [0.25, 0.3) is 11.8 Å². The van der Waals surface area contributed by atoms with Crippen molar-refractivity contribution in [3.05, 3.63) is 101 Å². The number of amides is 4. The summed E-state index contributed by atoms with van der Waals surface area (Å²) in [7, 11) is 0. The Kier molecular flexibility index (Phi) is 6.31. The first kappa shape index (κ1) is 22.6. The Labute approximate surface area is 194 Å². The van der Waals surface area contributed by atoms with Crippen LogP contribution in [0.1, 0.15) is 28.4 Å². The third kappa shape index (κ3) is 4.75. The average Bonchev–Trinajstić information content (AvgIpc) is 2.83. The van der Waals surface area contributed by atoms with E-state index < -0.39 is 29.6 Å². The number of rotatable bonds is 5. The summed E-state index contributed by atoms with van der Waals surface area (Å²) in [6.45, 7) is 1.98. The van der Waals surface area contributed by atoms with Crippen LogP contribution in [0.25, 0.3) is 6.08 Å². The highest BCUT2D eigenvalue weighted by molar-refractivity contribution is 6.39. The van der Waals surface area contributed by atoms with Crippen molar-refractivity contribution in [2.24, 2.45) is 0 Å². The Morgan fingerprint density at radius 3 is 2.38 bits per heavy atom. The SMILES string of the molecule is CCc1ccc(N2C(=O)NC(=O)C(=Cc3cccc(OC(=O)c4ccc(F)cc4)c3)C2=O)cc1. The zero-order valence-electron chi connectivity index (χ0n) is 18.1. The van der Waals surface area contributed by atoms with E-state index in [4.69, 9.17) is 4.74 Å². The molecule has 0 unspecified atom stereocenters. The minimum absolute atomic E-state index is 0.162. The molecule has 4 rings (SSSR count). The molecule has 170 valence electrons. The van der Waals surface area contributed by atoms with Crippen LogP contribution in [0.5, 0.6) is 5.75 Å². The molecule has 1 saturated heterocycles. The van der Waals surface area contributed by atoms with Gasteiger partial charge in [-0.15, -0.1) is 0 Å². The number of carbonyl (C=O) groups is 4. The molecular formula is C26H19FN2O5. The number of urea groups is 1. The molecule has 0 aliphatic carbocycles. The second-order valence-corrected chi connectivity index (χ2v) is 7.45. The Morgan fingerprint density at radius 2 is 1.71 bits per heavy atom. The average molecular weight is 458 g/mol. The van der Waals surface area contributed by atoms with Crippen molar-refractivity contribution < 1.29 is 28.3 Å². The maximum absolute atomic E-state index is 13.1. The first-order chi connectivity index (χ1) is 16.4. The standard InChI is InChI=1S/C26H19FN2O5/c1-2-16-6-12-20(13-7-16)29-24(31)22(23(30)28-26(29)33)15-17-4-3-5-21(14-17)34-25(32)18-8-10-19(27)11-9-18/h3-15H,2H2,1H3,(H,28,30,33). The molecule has 4 amide bonds. The molecule has 3 aromatic rings. The molecule has 7 nitrogen and oxygen atoms in total. The lowest BCUT2D eigenvalue weighted by atomic mass is 10.1. The molecule has 1 aliphatic rings. The lowest BCUT2D eigenvalue weighted by Crippen LogP contribution is -2.54. The molecule has 0 atom stereocenters. The van der Waals surface area contributed by atoms with E-state index in [9.17, 15) is 23.6 Å². The van der Waals surface area contributed by atoms with Crippen molar-refractivity contribution in [3.8, 4) is 5.75 Å². The molecule has 8 heteroatoms. The van der Waals surface area contributed by atoms with Gasteiger partial charge in [-0.2, -0.15) is 0 Å². The fourth-order valence-electron chi connectivity index (χ4n) is 3.36. The van der Waals surface area contributed by atoms with Crippen molar-refractivity contribution in [3.63, 3.8) is 0 Å². The Bertz CT molecular complexity index is 1310. The van der Waals surface area contributed by atoms with E-state index in [0.717, 1.165) is 29.0 Å². The van der Waals surface area contributed by atoms with Gasteiger partial charge in [-0.1, -0.05) is 31.2 Å². The van der Waals surface area contributed by atoms with Crippen LogP contribution in [-0.4, -0.2) is 23.8 Å². The van der Waals surface area contributed by atoms with Gasteiger partial charge in [-0.05, 0) is 72.2 Å². The molecule has 1 fully saturated rings. The van der Waals surface area contributed by atoms with Crippen LogP contribution in [0.4, 0.5) is 14.9 Å². The molecule has 1 aliphatic heterocycles. The van der Waals surface area contributed by atoms with Crippen molar-refractivity contribution in [1.82, 2.24) is 5.32 Å². The largest absolute Gasteiger partial charge is 0.423 e. The highest BCUT2D eigenvalue weighted by Gasteiger charge is 2.36. The number of barbiturate groups is 1. The molecule has 0 radical (unpaired) electrons. The Hall–Kier alpha value is -4.59. The summed E-state index contributed by atoms with van der Waals surface area (Å²) in [6, 6.07) is 17.1. The molecular weight excluding hydrogens is 439 g/mol. The van der Waals surface area contributed by atoms with E-state index in [1.54, 1.807) is 36.4 Å². The Balaban J connectivity index is 1.59. The number of benzene rings is 3. The highest BCUT2D eigenvalue weighted by atomic mass is 19.1. The summed E-state index contributed by atoms with van der Waals surface area (Å²) in [5.41, 5.74) is 1.68. The predicted molar refractivity (Wildman–Crippen MR) is 123 cm³/mol. The normalized spacial score (nSPS) is 14.8. The number of esters is 1. The van der Waals surface area contributed by atoms with E-state index in [0.29, 0.717) is 11.3 Å². The van der Waals surface area contributed by atoms with Gasteiger partial charge in [0, 0.05) is 0 Å². The number of carbonyl (C=O) groups excluding carboxylic acids is 4. The minimum atomic E-state index is -0.835. The van der Waals surface area contributed by atoms with Gasteiger partial charge in [0.15, 0.2) is 0 Å². The third-order valence-corrected chi connectivity index (χ3v) is 5.16. The van der Waals surface area contributed by atoms with Crippen LogP contribution in [-0.2, 0) is 16.0 Å². The molecule has 0 spiro atoms. The Morgan fingerprint density at radius 1 is 1.00 bits per heavy atom. The molecule has 34 heavy (non-hydrogen) atoms. The summed E-state index contributed by atoms with van der Waals surface area (Å²) in [5, 5.41) is 2.17. The van der Waals surface area contributed by atoms with Crippen LogP contribution in [0.2, 0.25) is 0 Å². The summed E-state index contributed by atoms with van der Waals surface area (Å²) in [5.74, 6) is -2.61. The van der Waals surface area contributed by atoms with E-state index in [2.05, 4.69) is 5.32 Å². The first-order valence-corrected chi connectivity index (χ1v) is 10.4.